The smallest absolute Gasteiger partial charge is 0.313 e. The molecule has 1 aromatic rings. The highest BCUT2D eigenvalue weighted by Gasteiger charge is 2.52. The maximum Gasteiger partial charge on any atom is 0.313 e. The van der Waals surface area contributed by atoms with Crippen LogP contribution in [0.25, 0.3) is 0 Å². The van der Waals surface area contributed by atoms with Crippen LogP contribution in [0.1, 0.15) is 41.5 Å². The normalized spacial score (nSPS) is 21.2. The molecule has 2 rings (SSSR count). The summed E-state index contributed by atoms with van der Waals surface area (Å²) >= 11 is 1.78. The number of ether oxygens (including phenoxy) is 1. The molecule has 1 aliphatic rings. The van der Waals surface area contributed by atoms with Crippen molar-refractivity contribution < 1.29 is 9.53 Å². The number of carbonyl (C=O) groups is 1. The Morgan fingerprint density at radius 2 is 1.81 bits per heavy atom. The van der Waals surface area contributed by atoms with Crippen molar-refractivity contribution in [2.75, 3.05) is 0 Å². The Morgan fingerprint density at radius 1 is 1.19 bits per heavy atom. The zero-order valence-electron chi connectivity index (χ0n) is 13.6. The van der Waals surface area contributed by atoms with Crippen molar-refractivity contribution in [2.45, 2.75) is 46.3 Å². The molecule has 0 N–H and O–H groups in total. The second kappa shape index (κ2) is 5.48. The van der Waals surface area contributed by atoms with E-state index in [2.05, 4.69) is 27.7 Å². The maximum atomic E-state index is 11.8. The second-order valence-electron chi connectivity index (χ2n) is 6.70. The first-order valence-electron chi connectivity index (χ1n) is 7.24. The summed E-state index contributed by atoms with van der Waals surface area (Å²) in [5.74, 6) is 0.146. The van der Waals surface area contributed by atoms with Gasteiger partial charge in [0.05, 0.1) is 11.0 Å². The van der Waals surface area contributed by atoms with E-state index in [0.717, 1.165) is 10.7 Å². The molecule has 0 bridgehead atoms. The fourth-order valence-corrected chi connectivity index (χ4v) is 3.18. The van der Waals surface area contributed by atoms with Gasteiger partial charge in [-0.2, -0.15) is 0 Å². The summed E-state index contributed by atoms with van der Waals surface area (Å²) in [6.45, 7) is 12.5. The lowest BCUT2D eigenvalue weighted by molar-refractivity contribution is -0.137. The Morgan fingerprint density at radius 3 is 2.33 bits per heavy atom. The molecule has 1 saturated heterocycles. The van der Waals surface area contributed by atoms with Crippen LogP contribution >= 0.6 is 11.8 Å². The van der Waals surface area contributed by atoms with E-state index in [9.17, 15) is 4.79 Å². The molecule has 0 amide bonds. The van der Waals surface area contributed by atoms with Gasteiger partial charge >= 0.3 is 5.97 Å². The van der Waals surface area contributed by atoms with Gasteiger partial charge in [-0.25, -0.2) is 4.99 Å². The first-order valence-corrected chi connectivity index (χ1v) is 8.06. The number of nitrogens with zero attached hydrogens (tertiary/aromatic N) is 1. The number of para-hydroxylation sites is 2. The number of hydrogen-bond acceptors (Lipinski definition) is 4. The molecular formula is C17H23NO2S. The van der Waals surface area contributed by atoms with Crippen LogP contribution in [0.4, 0.5) is 5.69 Å². The third kappa shape index (κ3) is 3.00. The lowest BCUT2D eigenvalue weighted by atomic mass is 9.79. The Labute approximate surface area is 131 Å². The van der Waals surface area contributed by atoms with Crippen molar-refractivity contribution in [3.05, 3.63) is 24.3 Å². The van der Waals surface area contributed by atoms with Crippen LogP contribution in [-0.2, 0) is 4.79 Å². The minimum absolute atomic E-state index is 0.0346. The number of aliphatic imine (C=N–C) groups is 1. The van der Waals surface area contributed by atoms with Gasteiger partial charge in [-0.15, -0.1) is 11.8 Å². The molecule has 21 heavy (non-hydrogen) atoms. The molecule has 0 aromatic heterocycles. The summed E-state index contributed by atoms with van der Waals surface area (Å²) in [4.78, 5) is 16.5. The van der Waals surface area contributed by atoms with Gasteiger partial charge in [-0.05, 0) is 26.0 Å². The van der Waals surface area contributed by atoms with E-state index in [1.807, 2.05) is 32.0 Å². The van der Waals surface area contributed by atoms with Crippen molar-refractivity contribution in [1.29, 1.82) is 0 Å². The van der Waals surface area contributed by atoms with E-state index in [0.29, 0.717) is 5.75 Å². The summed E-state index contributed by atoms with van der Waals surface area (Å²) in [5, 5.41) is 1.08. The number of hydrogen-bond donors (Lipinski definition) is 0. The average molecular weight is 305 g/mol. The molecule has 3 nitrogen and oxygen atoms in total. The lowest BCUT2D eigenvalue weighted by Gasteiger charge is -2.52. The molecule has 0 aliphatic carbocycles. The molecule has 114 valence electrons. The summed E-state index contributed by atoms with van der Waals surface area (Å²) < 4.78 is 5.62. The number of benzene rings is 1. The van der Waals surface area contributed by atoms with Gasteiger partial charge in [0.2, 0.25) is 0 Å². The van der Waals surface area contributed by atoms with Crippen LogP contribution in [0.2, 0.25) is 0 Å². The van der Waals surface area contributed by atoms with E-state index in [1.54, 1.807) is 17.8 Å². The van der Waals surface area contributed by atoms with E-state index < -0.39 is 0 Å². The third-order valence-corrected chi connectivity index (χ3v) is 5.98. The summed E-state index contributed by atoms with van der Waals surface area (Å²) in [7, 11) is 0. The van der Waals surface area contributed by atoms with E-state index >= 15 is 0 Å². The van der Waals surface area contributed by atoms with Gasteiger partial charge in [0.25, 0.3) is 0 Å². The Hall–Kier alpha value is -1.29. The number of carbonyl (C=O) groups excluding carboxylic acids is 1. The highest BCUT2D eigenvalue weighted by molar-refractivity contribution is 8.17. The predicted octanol–water partition coefficient (Wildman–Crippen LogP) is 4.83. The zero-order valence-corrected chi connectivity index (χ0v) is 14.4. The van der Waals surface area contributed by atoms with Gasteiger partial charge in [-0.3, -0.25) is 4.79 Å². The first-order chi connectivity index (χ1) is 9.65. The topological polar surface area (TPSA) is 38.7 Å². The van der Waals surface area contributed by atoms with Gasteiger partial charge in [0, 0.05) is 10.2 Å². The Bertz CT molecular complexity index is 588. The molecule has 0 radical (unpaired) electrons. The molecule has 1 heterocycles. The lowest BCUT2D eigenvalue weighted by Crippen LogP contribution is -2.52. The van der Waals surface area contributed by atoms with Crippen LogP contribution in [0.3, 0.4) is 0 Å². The summed E-state index contributed by atoms with van der Waals surface area (Å²) in [6, 6.07) is 7.45. The molecular weight excluding hydrogens is 282 g/mol. The van der Waals surface area contributed by atoms with Crippen LogP contribution in [0.5, 0.6) is 5.75 Å². The number of thioether (sulfide) groups is 1. The van der Waals surface area contributed by atoms with Crippen molar-refractivity contribution in [3.63, 3.8) is 0 Å². The first kappa shape index (κ1) is 16.1. The summed E-state index contributed by atoms with van der Waals surface area (Å²) in [6.07, 6.45) is 0. The molecule has 1 fully saturated rings. The van der Waals surface area contributed by atoms with Gasteiger partial charge in [0.1, 0.15) is 5.69 Å². The van der Waals surface area contributed by atoms with Crippen LogP contribution < -0.4 is 4.74 Å². The predicted molar refractivity (Wildman–Crippen MR) is 89.5 cm³/mol. The summed E-state index contributed by atoms with van der Waals surface area (Å²) in [5.41, 5.74) is 0.755. The van der Waals surface area contributed by atoms with E-state index in [1.165, 1.54) is 0 Å². The Balaban J connectivity index is 2.28. The SMILES string of the molecule is CC(C)C(=O)Oc1ccccc1N=C1SC(C)(C)C1(C)C. The van der Waals surface area contributed by atoms with E-state index in [4.69, 9.17) is 9.73 Å². The van der Waals surface area contributed by atoms with Gasteiger partial charge in [0.15, 0.2) is 5.75 Å². The minimum atomic E-state index is -0.233. The van der Waals surface area contributed by atoms with Gasteiger partial charge < -0.3 is 4.74 Å². The minimum Gasteiger partial charge on any atom is -0.424 e. The second-order valence-corrected chi connectivity index (χ2v) is 8.31. The molecule has 0 spiro atoms. The van der Waals surface area contributed by atoms with Crippen LogP contribution in [0.15, 0.2) is 29.3 Å². The number of rotatable bonds is 3. The highest BCUT2D eigenvalue weighted by atomic mass is 32.2. The molecule has 0 atom stereocenters. The van der Waals surface area contributed by atoms with Crippen molar-refractivity contribution in [2.24, 2.45) is 16.3 Å². The molecule has 0 unspecified atom stereocenters. The van der Waals surface area contributed by atoms with Crippen LogP contribution in [0, 0.1) is 11.3 Å². The quantitative estimate of drug-likeness (QED) is 0.593. The molecule has 1 aromatic carbocycles. The van der Waals surface area contributed by atoms with Gasteiger partial charge in [-0.1, -0.05) is 39.8 Å². The zero-order chi connectivity index (χ0) is 15.8. The monoisotopic (exact) mass is 305 g/mol. The number of esters is 1. The maximum absolute atomic E-state index is 11.8. The van der Waals surface area contributed by atoms with E-state index in [-0.39, 0.29) is 22.0 Å². The fourth-order valence-electron chi connectivity index (χ4n) is 1.84. The van der Waals surface area contributed by atoms with Crippen molar-refractivity contribution in [1.82, 2.24) is 0 Å². The third-order valence-electron chi connectivity index (χ3n) is 4.16. The molecule has 4 heteroatoms. The fraction of sp³-hybridized carbons (Fsp3) is 0.529. The van der Waals surface area contributed by atoms with Crippen molar-refractivity contribution >= 4 is 28.5 Å². The average Bonchev–Trinajstić information content (AvgIpc) is 2.39. The Kier molecular flexibility index (Phi) is 4.20. The molecule has 1 aliphatic heterocycles. The standard InChI is InChI=1S/C17H23NO2S/c1-11(2)14(19)20-13-10-8-7-9-12(13)18-15-16(3,4)17(5,6)21-15/h7-11H,1-6H3. The van der Waals surface area contributed by atoms with Crippen LogP contribution in [-0.4, -0.2) is 15.8 Å². The highest BCUT2D eigenvalue weighted by Crippen LogP contribution is 2.57. The largest absolute Gasteiger partial charge is 0.424 e. The molecule has 0 saturated carbocycles. The van der Waals surface area contributed by atoms with Crippen molar-refractivity contribution in [3.8, 4) is 5.75 Å².